The van der Waals surface area contributed by atoms with E-state index in [1.807, 2.05) is 0 Å². The topological polar surface area (TPSA) is 61.7 Å². The Balaban J connectivity index is 2.08. The molecule has 0 aliphatic rings. The van der Waals surface area contributed by atoms with Gasteiger partial charge in [0.2, 0.25) is 5.91 Å². The molecule has 4 nitrogen and oxygen atoms in total. The van der Waals surface area contributed by atoms with Crippen molar-refractivity contribution in [3.8, 4) is 5.75 Å². The first-order valence-electron chi connectivity index (χ1n) is 8.94. The Morgan fingerprint density at radius 1 is 1.12 bits per heavy atom. The number of unbranched alkanes of at least 4 members (excludes halogenated alkanes) is 8. The Kier molecular flexibility index (Phi) is 11.2. The van der Waals surface area contributed by atoms with Crippen molar-refractivity contribution in [2.24, 2.45) is 5.10 Å². The van der Waals surface area contributed by atoms with Crippen LogP contribution in [0.2, 0.25) is 0 Å². The zero-order valence-electron chi connectivity index (χ0n) is 14.6. The molecule has 1 amide bonds. The maximum Gasteiger partial charge on any atom is 0.240 e. The lowest BCUT2D eigenvalue weighted by Crippen LogP contribution is -2.16. The maximum atomic E-state index is 11.7. The number of halogens is 1. The van der Waals surface area contributed by atoms with Gasteiger partial charge >= 0.3 is 0 Å². The number of phenolic OH excluding ortho intramolecular Hbond substituents is 1. The summed E-state index contributed by atoms with van der Waals surface area (Å²) in [5, 5.41) is 13.6. The Labute approximate surface area is 153 Å². The van der Waals surface area contributed by atoms with Crippen molar-refractivity contribution in [3.05, 3.63) is 28.2 Å². The number of hydrogen-bond donors (Lipinski definition) is 2. The number of benzene rings is 1. The minimum Gasteiger partial charge on any atom is -0.507 e. The van der Waals surface area contributed by atoms with E-state index in [1.165, 1.54) is 51.2 Å². The predicted octanol–water partition coefficient (Wildman–Crippen LogP) is 5.53. The first-order chi connectivity index (χ1) is 11.6. The average Bonchev–Trinajstić information content (AvgIpc) is 2.56. The minimum absolute atomic E-state index is 0.0799. The number of nitrogens with one attached hydrogen (secondary N) is 1. The number of carbonyl (C=O) groups is 1. The number of amides is 1. The third-order valence-corrected chi connectivity index (χ3v) is 4.38. The fourth-order valence-electron chi connectivity index (χ4n) is 2.45. The van der Waals surface area contributed by atoms with Gasteiger partial charge in [-0.2, -0.15) is 5.10 Å². The van der Waals surface area contributed by atoms with Crippen LogP contribution >= 0.6 is 15.9 Å². The van der Waals surface area contributed by atoms with E-state index in [9.17, 15) is 9.90 Å². The van der Waals surface area contributed by atoms with Gasteiger partial charge in [0, 0.05) is 16.5 Å². The molecule has 0 heterocycles. The molecule has 0 saturated carbocycles. The summed E-state index contributed by atoms with van der Waals surface area (Å²) in [4.78, 5) is 11.7. The second-order valence-corrected chi connectivity index (χ2v) is 6.99. The molecule has 134 valence electrons. The van der Waals surface area contributed by atoms with E-state index < -0.39 is 0 Å². The number of nitrogens with zero attached hydrogens (tertiary/aromatic N) is 1. The molecular weight excluding hydrogens is 368 g/mol. The van der Waals surface area contributed by atoms with Crippen LogP contribution in [-0.2, 0) is 4.79 Å². The van der Waals surface area contributed by atoms with E-state index >= 15 is 0 Å². The highest BCUT2D eigenvalue weighted by molar-refractivity contribution is 9.10. The summed E-state index contributed by atoms with van der Waals surface area (Å²) in [6.45, 7) is 2.23. The maximum absolute atomic E-state index is 11.7. The van der Waals surface area contributed by atoms with Crippen LogP contribution in [0.15, 0.2) is 27.8 Å². The molecule has 0 atom stereocenters. The van der Waals surface area contributed by atoms with Crippen molar-refractivity contribution in [2.45, 2.75) is 71.1 Å². The number of rotatable bonds is 12. The standard InChI is InChI=1S/C19H29BrN2O2/c1-2-3-4-5-6-7-8-9-10-11-19(24)22-21-15-16-14-17(20)12-13-18(16)23/h12-15,23H,2-11H2,1H3,(H,22,24)/b21-15+. The van der Waals surface area contributed by atoms with Gasteiger partial charge in [-0.05, 0) is 24.6 Å². The zero-order chi connectivity index (χ0) is 17.6. The molecular formula is C19H29BrN2O2. The van der Waals surface area contributed by atoms with Gasteiger partial charge in [0.05, 0.1) is 6.21 Å². The van der Waals surface area contributed by atoms with Crippen LogP contribution in [-0.4, -0.2) is 17.2 Å². The number of phenols is 1. The SMILES string of the molecule is CCCCCCCCCCCC(=O)N/N=C/c1cc(Br)ccc1O. The molecule has 0 spiro atoms. The number of hydrogen-bond acceptors (Lipinski definition) is 3. The monoisotopic (exact) mass is 396 g/mol. The average molecular weight is 397 g/mol. The highest BCUT2D eigenvalue weighted by Crippen LogP contribution is 2.19. The van der Waals surface area contributed by atoms with E-state index in [-0.39, 0.29) is 11.7 Å². The molecule has 24 heavy (non-hydrogen) atoms. The van der Waals surface area contributed by atoms with Gasteiger partial charge < -0.3 is 5.11 Å². The van der Waals surface area contributed by atoms with E-state index in [0.717, 1.165) is 17.3 Å². The number of carbonyl (C=O) groups excluding carboxylic acids is 1. The van der Waals surface area contributed by atoms with Gasteiger partial charge in [0.1, 0.15) is 5.75 Å². The van der Waals surface area contributed by atoms with Crippen LogP contribution in [0, 0.1) is 0 Å². The summed E-state index contributed by atoms with van der Waals surface area (Å²) in [5.41, 5.74) is 3.07. The third-order valence-electron chi connectivity index (χ3n) is 3.89. The smallest absolute Gasteiger partial charge is 0.240 e. The van der Waals surface area contributed by atoms with Crippen LogP contribution < -0.4 is 5.43 Å². The van der Waals surface area contributed by atoms with Gasteiger partial charge in [-0.3, -0.25) is 4.79 Å². The quantitative estimate of drug-likeness (QED) is 0.277. The molecule has 2 N–H and O–H groups in total. The molecule has 1 rings (SSSR count). The lowest BCUT2D eigenvalue weighted by molar-refractivity contribution is -0.121. The van der Waals surface area contributed by atoms with Crippen molar-refractivity contribution in [2.75, 3.05) is 0 Å². The number of hydrazone groups is 1. The first-order valence-corrected chi connectivity index (χ1v) is 9.73. The summed E-state index contributed by atoms with van der Waals surface area (Å²) in [5.74, 6) is 0.0545. The van der Waals surface area contributed by atoms with Gasteiger partial charge in [-0.1, -0.05) is 74.2 Å². The summed E-state index contributed by atoms with van der Waals surface area (Å²) >= 11 is 3.33. The predicted molar refractivity (Wildman–Crippen MR) is 103 cm³/mol. The Morgan fingerprint density at radius 2 is 1.75 bits per heavy atom. The zero-order valence-corrected chi connectivity index (χ0v) is 16.1. The molecule has 0 saturated heterocycles. The van der Waals surface area contributed by atoms with Gasteiger partial charge in [-0.15, -0.1) is 0 Å². The van der Waals surface area contributed by atoms with Crippen LogP contribution in [0.5, 0.6) is 5.75 Å². The molecule has 0 radical (unpaired) electrons. The molecule has 5 heteroatoms. The van der Waals surface area contributed by atoms with E-state index in [1.54, 1.807) is 18.2 Å². The minimum atomic E-state index is -0.0799. The Hall–Kier alpha value is -1.36. The highest BCUT2D eigenvalue weighted by atomic mass is 79.9. The normalized spacial score (nSPS) is 11.1. The van der Waals surface area contributed by atoms with Crippen molar-refractivity contribution in [3.63, 3.8) is 0 Å². The lowest BCUT2D eigenvalue weighted by Gasteiger charge is -2.02. The fraction of sp³-hybridized carbons (Fsp3) is 0.579. The van der Waals surface area contributed by atoms with E-state index in [2.05, 4.69) is 33.4 Å². The molecule has 1 aromatic carbocycles. The summed E-state index contributed by atoms with van der Waals surface area (Å²) in [7, 11) is 0. The molecule has 1 aromatic rings. The highest BCUT2D eigenvalue weighted by Gasteiger charge is 2.01. The second-order valence-electron chi connectivity index (χ2n) is 6.07. The van der Waals surface area contributed by atoms with Crippen molar-refractivity contribution < 1.29 is 9.90 Å². The lowest BCUT2D eigenvalue weighted by atomic mass is 10.1. The van der Waals surface area contributed by atoms with Crippen molar-refractivity contribution in [1.82, 2.24) is 5.43 Å². The Bertz CT molecular complexity index is 518. The van der Waals surface area contributed by atoms with Crippen molar-refractivity contribution in [1.29, 1.82) is 0 Å². The molecule has 0 fully saturated rings. The molecule has 0 aromatic heterocycles. The molecule has 0 bridgehead atoms. The fourth-order valence-corrected chi connectivity index (χ4v) is 2.83. The Morgan fingerprint density at radius 3 is 2.42 bits per heavy atom. The van der Waals surface area contributed by atoms with Gasteiger partial charge in [0.25, 0.3) is 0 Å². The summed E-state index contributed by atoms with van der Waals surface area (Å²) in [6.07, 6.45) is 13.1. The van der Waals surface area contributed by atoms with E-state index in [4.69, 9.17) is 0 Å². The van der Waals surface area contributed by atoms with E-state index in [0.29, 0.717) is 12.0 Å². The van der Waals surface area contributed by atoms with Gasteiger partial charge in [-0.25, -0.2) is 5.43 Å². The molecule has 0 aliphatic heterocycles. The summed E-state index contributed by atoms with van der Waals surface area (Å²) < 4.78 is 0.850. The van der Waals surface area contributed by atoms with Crippen LogP contribution in [0.1, 0.15) is 76.7 Å². The second kappa shape index (κ2) is 13.0. The largest absolute Gasteiger partial charge is 0.507 e. The van der Waals surface area contributed by atoms with Gasteiger partial charge in [0.15, 0.2) is 0 Å². The van der Waals surface area contributed by atoms with Crippen molar-refractivity contribution >= 4 is 28.1 Å². The van der Waals surface area contributed by atoms with Crippen LogP contribution in [0.25, 0.3) is 0 Å². The first kappa shape index (κ1) is 20.7. The summed E-state index contributed by atoms with van der Waals surface area (Å²) in [6, 6.07) is 5.07. The van der Waals surface area contributed by atoms with Crippen LogP contribution in [0.3, 0.4) is 0 Å². The third kappa shape index (κ3) is 9.71. The van der Waals surface area contributed by atoms with Crippen LogP contribution in [0.4, 0.5) is 0 Å². The number of aromatic hydroxyl groups is 1. The molecule has 0 aliphatic carbocycles. The molecule has 0 unspecified atom stereocenters.